The van der Waals surface area contributed by atoms with Gasteiger partial charge in [0.15, 0.2) is 6.20 Å². The zero-order valence-electron chi connectivity index (χ0n) is 17.8. The van der Waals surface area contributed by atoms with Crippen LogP contribution in [0.3, 0.4) is 0 Å². The molecule has 0 atom stereocenters. The molecule has 0 bridgehead atoms. The summed E-state index contributed by atoms with van der Waals surface area (Å²) in [7, 11) is 2.13. The number of hydrogen-bond acceptors (Lipinski definition) is 1. The highest BCUT2D eigenvalue weighted by atomic mass is 14.9. The fourth-order valence-corrected chi connectivity index (χ4v) is 4.19. The van der Waals surface area contributed by atoms with Gasteiger partial charge >= 0.3 is 0 Å². The summed E-state index contributed by atoms with van der Waals surface area (Å²) in [6.07, 6.45) is 3.24. The Morgan fingerprint density at radius 1 is 0.893 bits per heavy atom. The summed E-state index contributed by atoms with van der Waals surface area (Å²) in [6.45, 7) is 11.2. The van der Waals surface area contributed by atoms with Crippen LogP contribution < -0.4 is 4.57 Å². The van der Waals surface area contributed by atoms with Crippen molar-refractivity contribution in [2.24, 2.45) is 12.5 Å². The molecule has 2 heterocycles. The highest BCUT2D eigenvalue weighted by Gasteiger charge is 2.21. The third-order valence-electron chi connectivity index (χ3n) is 5.48. The zero-order chi connectivity index (χ0) is 20.1. The quantitative estimate of drug-likeness (QED) is 0.309. The zero-order valence-corrected chi connectivity index (χ0v) is 17.8. The van der Waals surface area contributed by atoms with Gasteiger partial charge in [0.25, 0.3) is 0 Å². The highest BCUT2D eigenvalue weighted by Crippen LogP contribution is 2.34. The smallest absolute Gasteiger partial charge is 0.215 e. The number of aryl methyl sites for hydroxylation is 3. The van der Waals surface area contributed by atoms with Gasteiger partial charge in [-0.2, -0.15) is 0 Å². The van der Waals surface area contributed by atoms with Crippen molar-refractivity contribution >= 4 is 21.7 Å². The van der Waals surface area contributed by atoms with Crippen molar-refractivity contribution in [2.45, 2.75) is 41.0 Å². The van der Waals surface area contributed by atoms with Crippen molar-refractivity contribution in [3.63, 3.8) is 0 Å². The summed E-state index contributed by atoms with van der Waals surface area (Å²) >= 11 is 0. The molecular weight excluding hydrogens is 340 g/mol. The monoisotopic (exact) mass is 369 g/mol. The van der Waals surface area contributed by atoms with Crippen molar-refractivity contribution in [3.05, 3.63) is 71.5 Å². The van der Waals surface area contributed by atoms with Crippen LogP contribution in [0.2, 0.25) is 0 Å². The summed E-state index contributed by atoms with van der Waals surface area (Å²) in [4.78, 5) is 5.07. The number of pyridine rings is 2. The number of hydrogen-bond donors (Lipinski definition) is 0. The lowest BCUT2D eigenvalue weighted by molar-refractivity contribution is -0.660. The predicted molar refractivity (Wildman–Crippen MR) is 118 cm³/mol. The average Bonchev–Trinajstić information content (AvgIpc) is 2.63. The van der Waals surface area contributed by atoms with Gasteiger partial charge in [0.1, 0.15) is 7.05 Å². The number of nitrogens with zero attached hydrogens (tertiary/aromatic N) is 2. The van der Waals surface area contributed by atoms with Crippen LogP contribution in [0.4, 0.5) is 0 Å². The number of fused-ring (bicyclic) bond motifs is 3. The van der Waals surface area contributed by atoms with E-state index in [2.05, 4.69) is 101 Å². The predicted octanol–water partition coefficient (Wildman–Crippen LogP) is 6.08. The molecule has 142 valence electrons. The molecular formula is C26H29N2+. The van der Waals surface area contributed by atoms with Crippen LogP contribution >= 0.6 is 0 Å². The molecule has 2 aromatic heterocycles. The first-order chi connectivity index (χ1) is 13.2. The fraction of sp³-hybridized carbons (Fsp3) is 0.308. The Kier molecular flexibility index (Phi) is 4.45. The van der Waals surface area contributed by atoms with E-state index in [0.717, 1.165) is 17.6 Å². The second-order valence-corrected chi connectivity index (χ2v) is 9.16. The largest absolute Gasteiger partial charge is 0.252 e. The van der Waals surface area contributed by atoms with Crippen LogP contribution in [0.5, 0.6) is 0 Å². The molecule has 0 N–H and O–H groups in total. The molecule has 0 spiro atoms. The molecule has 2 nitrogen and oxygen atoms in total. The van der Waals surface area contributed by atoms with E-state index in [1.807, 2.05) is 0 Å². The molecule has 0 aliphatic carbocycles. The molecule has 0 unspecified atom stereocenters. The van der Waals surface area contributed by atoms with Crippen molar-refractivity contribution < 1.29 is 4.57 Å². The van der Waals surface area contributed by atoms with Crippen LogP contribution in [-0.4, -0.2) is 4.98 Å². The highest BCUT2D eigenvalue weighted by molar-refractivity contribution is 6.10. The van der Waals surface area contributed by atoms with E-state index < -0.39 is 0 Å². The molecule has 28 heavy (non-hydrogen) atoms. The molecule has 4 aromatic rings. The van der Waals surface area contributed by atoms with Crippen LogP contribution in [-0.2, 0) is 13.5 Å². The van der Waals surface area contributed by atoms with Crippen molar-refractivity contribution in [2.75, 3.05) is 0 Å². The lowest BCUT2D eigenvalue weighted by Crippen LogP contribution is -2.31. The first-order valence-electron chi connectivity index (χ1n) is 10.0. The summed E-state index contributed by atoms with van der Waals surface area (Å²) in [6, 6.07) is 17.6. The first-order valence-corrected chi connectivity index (χ1v) is 10.0. The van der Waals surface area contributed by atoms with Gasteiger partial charge in [-0.15, -0.1) is 0 Å². The average molecular weight is 370 g/mol. The van der Waals surface area contributed by atoms with Crippen LogP contribution in [0.25, 0.3) is 32.9 Å². The molecule has 0 saturated heterocycles. The van der Waals surface area contributed by atoms with Gasteiger partial charge in [-0.25, -0.2) is 4.57 Å². The second kappa shape index (κ2) is 6.70. The maximum atomic E-state index is 5.07. The Labute approximate surface area is 167 Å². The molecule has 0 radical (unpaired) electrons. The minimum atomic E-state index is 0.260. The van der Waals surface area contributed by atoms with Gasteiger partial charge in [-0.05, 0) is 42.2 Å². The van der Waals surface area contributed by atoms with Crippen LogP contribution in [0.1, 0.15) is 37.6 Å². The van der Waals surface area contributed by atoms with E-state index >= 15 is 0 Å². The van der Waals surface area contributed by atoms with Gasteiger partial charge in [0.05, 0.1) is 11.1 Å². The molecule has 4 rings (SSSR count). The maximum absolute atomic E-state index is 5.07. The molecule has 0 amide bonds. The molecule has 2 aromatic carbocycles. The van der Waals surface area contributed by atoms with Crippen LogP contribution in [0.15, 0.2) is 54.7 Å². The van der Waals surface area contributed by atoms with E-state index in [9.17, 15) is 0 Å². The molecule has 0 fully saturated rings. The van der Waals surface area contributed by atoms with E-state index in [1.165, 1.54) is 38.5 Å². The normalized spacial score (nSPS) is 12.1. The number of aromatic nitrogens is 2. The number of rotatable bonds is 2. The Morgan fingerprint density at radius 2 is 1.61 bits per heavy atom. The van der Waals surface area contributed by atoms with Gasteiger partial charge in [-0.1, -0.05) is 57.2 Å². The third-order valence-corrected chi connectivity index (χ3v) is 5.48. The van der Waals surface area contributed by atoms with Gasteiger partial charge in [-0.3, -0.25) is 4.98 Å². The summed E-state index contributed by atoms with van der Waals surface area (Å²) in [5, 5.41) is 3.73. The molecule has 2 heteroatoms. The summed E-state index contributed by atoms with van der Waals surface area (Å²) in [5.74, 6) is 0. The second-order valence-electron chi connectivity index (χ2n) is 9.16. The summed E-state index contributed by atoms with van der Waals surface area (Å²) in [5.41, 5.74) is 7.54. The third kappa shape index (κ3) is 3.28. The Morgan fingerprint density at radius 3 is 2.32 bits per heavy atom. The molecule has 0 saturated carbocycles. The standard InChI is InChI=1S/C26H29N2/c1-17-11-12-22-21-10-8-7-9-20(21)18(2)27-25(22)24(17)23-15-19(13-14-28(23)6)16-26(3,4)5/h7-15H,16H2,1-6H3/q+1. The van der Waals surface area contributed by atoms with Gasteiger partial charge < -0.3 is 0 Å². The topological polar surface area (TPSA) is 16.8 Å². The summed E-state index contributed by atoms with van der Waals surface area (Å²) < 4.78 is 2.22. The van der Waals surface area contributed by atoms with E-state index in [-0.39, 0.29) is 5.41 Å². The van der Waals surface area contributed by atoms with E-state index in [0.29, 0.717) is 0 Å². The lowest BCUT2D eigenvalue weighted by atomic mass is 9.87. The fourth-order valence-electron chi connectivity index (χ4n) is 4.19. The Bertz CT molecular complexity index is 1200. The number of benzene rings is 2. The first kappa shape index (κ1) is 18.6. The Balaban J connectivity index is 2.04. The van der Waals surface area contributed by atoms with Crippen molar-refractivity contribution in [3.8, 4) is 11.3 Å². The molecule has 0 aliphatic rings. The SMILES string of the molecule is Cc1ccc2c(nc(C)c3ccccc32)c1-c1cc(CC(C)(C)C)cc[n+]1C. The van der Waals surface area contributed by atoms with Crippen LogP contribution in [0, 0.1) is 19.3 Å². The van der Waals surface area contributed by atoms with Gasteiger partial charge in [0.2, 0.25) is 5.69 Å². The van der Waals surface area contributed by atoms with Crippen molar-refractivity contribution in [1.82, 2.24) is 4.98 Å². The van der Waals surface area contributed by atoms with Gasteiger partial charge in [0, 0.05) is 28.6 Å². The van der Waals surface area contributed by atoms with E-state index in [4.69, 9.17) is 4.98 Å². The van der Waals surface area contributed by atoms with Crippen molar-refractivity contribution in [1.29, 1.82) is 0 Å². The van der Waals surface area contributed by atoms with E-state index in [1.54, 1.807) is 0 Å². The minimum Gasteiger partial charge on any atom is -0.252 e. The lowest BCUT2D eigenvalue weighted by Gasteiger charge is -2.18. The molecule has 0 aliphatic heterocycles. The minimum absolute atomic E-state index is 0.260. The Hall–Kier alpha value is -2.74. The maximum Gasteiger partial charge on any atom is 0.215 e.